The van der Waals surface area contributed by atoms with E-state index in [9.17, 15) is 21.6 Å². The Morgan fingerprint density at radius 1 is 1.30 bits per heavy atom. The molecule has 0 spiro atoms. The van der Waals surface area contributed by atoms with Crippen molar-refractivity contribution >= 4 is 9.84 Å². The average molecular weight is 355 g/mol. The quantitative estimate of drug-likeness (QED) is 0.862. The van der Waals surface area contributed by atoms with Crippen LogP contribution in [0, 0.1) is 5.92 Å². The van der Waals surface area contributed by atoms with Crippen molar-refractivity contribution < 1.29 is 31.8 Å². The lowest BCUT2D eigenvalue weighted by Crippen LogP contribution is -2.35. The molecule has 5 nitrogen and oxygen atoms in total. The number of alkyl halides is 3. The van der Waals surface area contributed by atoms with Crippen LogP contribution in [-0.2, 0) is 16.0 Å². The molecule has 1 saturated heterocycles. The van der Waals surface area contributed by atoms with Gasteiger partial charge in [0.05, 0.1) is 11.3 Å². The van der Waals surface area contributed by atoms with Gasteiger partial charge in [0, 0.05) is 18.7 Å². The summed E-state index contributed by atoms with van der Waals surface area (Å²) in [7, 11) is -3.25. The largest absolute Gasteiger partial charge is 0.489 e. The van der Waals surface area contributed by atoms with E-state index in [2.05, 4.69) is 5.32 Å². The predicted molar refractivity (Wildman–Crippen MR) is 80.2 cm³/mol. The van der Waals surface area contributed by atoms with Gasteiger partial charge in [0.25, 0.3) is 0 Å². The summed E-state index contributed by atoms with van der Waals surface area (Å²) in [6.07, 6.45) is -3.07. The maximum absolute atomic E-state index is 12.5. The van der Waals surface area contributed by atoms with E-state index in [0.717, 1.165) is 31.4 Å². The van der Waals surface area contributed by atoms with Crippen LogP contribution >= 0.6 is 0 Å². The molecule has 1 aliphatic heterocycles. The zero-order valence-corrected chi connectivity index (χ0v) is 13.4. The number of hydrogen-bond acceptors (Lipinski definition) is 4. The van der Waals surface area contributed by atoms with Crippen LogP contribution in [0.15, 0.2) is 24.3 Å². The minimum atomic E-state index is -4.40. The van der Waals surface area contributed by atoms with Gasteiger partial charge in [-0.25, -0.2) is 8.42 Å². The second kappa shape index (κ2) is 7.50. The molecule has 1 unspecified atom stereocenters. The van der Waals surface area contributed by atoms with Gasteiger partial charge in [0.2, 0.25) is 0 Å². The molecule has 3 N–H and O–H groups in total. The molecule has 0 aliphatic carbocycles. The highest BCUT2D eigenvalue weighted by Crippen LogP contribution is 2.31. The molecule has 0 bridgehead atoms. The van der Waals surface area contributed by atoms with Crippen LogP contribution in [-0.4, -0.2) is 45.1 Å². The maximum atomic E-state index is 12.5. The Hall–Kier alpha value is -1.32. The Morgan fingerprint density at radius 3 is 2.35 bits per heavy atom. The highest BCUT2D eigenvalue weighted by molar-refractivity contribution is 7.90. The van der Waals surface area contributed by atoms with Crippen LogP contribution in [0.4, 0.5) is 13.2 Å². The van der Waals surface area contributed by atoms with Crippen molar-refractivity contribution in [3.63, 3.8) is 0 Å². The van der Waals surface area contributed by atoms with Crippen LogP contribution < -0.4 is 10.1 Å². The molecule has 0 aromatic heterocycles. The first-order valence-corrected chi connectivity index (χ1v) is 8.93. The van der Waals surface area contributed by atoms with E-state index in [0.29, 0.717) is 6.54 Å². The highest BCUT2D eigenvalue weighted by Gasteiger charge is 2.31. The molecule has 0 amide bonds. The molecule has 9 heteroatoms. The van der Waals surface area contributed by atoms with Crippen molar-refractivity contribution in [3.05, 3.63) is 29.8 Å². The van der Waals surface area contributed by atoms with Crippen molar-refractivity contribution in [2.45, 2.75) is 18.7 Å². The van der Waals surface area contributed by atoms with Gasteiger partial charge in [-0.05, 0) is 37.2 Å². The van der Waals surface area contributed by atoms with Crippen LogP contribution in [0.5, 0.6) is 5.75 Å². The van der Waals surface area contributed by atoms with Crippen LogP contribution in [0.2, 0.25) is 0 Å². The van der Waals surface area contributed by atoms with Crippen molar-refractivity contribution in [1.29, 1.82) is 0 Å². The first-order valence-electron chi connectivity index (χ1n) is 6.87. The van der Waals surface area contributed by atoms with E-state index in [1.54, 1.807) is 0 Å². The summed E-state index contributed by atoms with van der Waals surface area (Å²) in [5.74, 6) is 0.117. The molecular formula is C14H20F3NO4S. The minimum Gasteiger partial charge on any atom is -0.489 e. The summed E-state index contributed by atoms with van der Waals surface area (Å²) >= 11 is 0. The van der Waals surface area contributed by atoms with Gasteiger partial charge in [-0.15, -0.1) is 0 Å². The molecule has 1 aliphatic rings. The van der Waals surface area contributed by atoms with Crippen molar-refractivity contribution in [1.82, 2.24) is 5.32 Å². The summed E-state index contributed by atoms with van der Waals surface area (Å²) < 4.78 is 66.3. The predicted octanol–water partition coefficient (Wildman–Crippen LogP) is 1.28. The van der Waals surface area contributed by atoms with Gasteiger partial charge in [0.1, 0.15) is 11.9 Å². The number of sulfone groups is 1. The molecule has 0 saturated carbocycles. The fourth-order valence-electron chi connectivity index (χ4n) is 2.46. The fraction of sp³-hybridized carbons (Fsp3) is 0.571. The molecule has 132 valence electrons. The van der Waals surface area contributed by atoms with Crippen molar-refractivity contribution in [2.24, 2.45) is 5.92 Å². The Morgan fingerprint density at radius 2 is 1.91 bits per heavy atom. The van der Waals surface area contributed by atoms with Gasteiger partial charge in [0.15, 0.2) is 9.84 Å². The Labute approximate surface area is 133 Å². The average Bonchev–Trinajstić information content (AvgIpc) is 2.89. The SMILES string of the molecule is CS(=O)(=O)C[C@@H](Oc1ccc(C(F)(F)F)cc1)C1CCNC1.O. The molecule has 1 aromatic rings. The summed E-state index contributed by atoms with van der Waals surface area (Å²) in [6, 6.07) is 4.31. The molecule has 1 fully saturated rings. The normalized spacial score (nSPS) is 19.9. The fourth-order valence-corrected chi connectivity index (χ4v) is 3.39. The number of halogens is 3. The third-order valence-electron chi connectivity index (χ3n) is 3.56. The van der Waals surface area contributed by atoms with Gasteiger partial charge >= 0.3 is 6.18 Å². The number of benzene rings is 1. The smallest absolute Gasteiger partial charge is 0.416 e. The second-order valence-electron chi connectivity index (χ2n) is 5.52. The first kappa shape index (κ1) is 19.7. The molecule has 1 aromatic carbocycles. The Bertz CT molecular complexity index is 595. The lowest BCUT2D eigenvalue weighted by molar-refractivity contribution is -0.137. The summed E-state index contributed by atoms with van der Waals surface area (Å²) in [6.45, 7) is 1.42. The molecule has 0 radical (unpaired) electrons. The zero-order chi connectivity index (χ0) is 16.4. The molecule has 23 heavy (non-hydrogen) atoms. The van der Waals surface area contributed by atoms with Gasteiger partial charge < -0.3 is 15.5 Å². The Balaban J connectivity index is 0.00000264. The second-order valence-corrected chi connectivity index (χ2v) is 7.71. The van der Waals surface area contributed by atoms with E-state index in [-0.39, 0.29) is 22.9 Å². The van der Waals surface area contributed by atoms with E-state index in [4.69, 9.17) is 4.74 Å². The van der Waals surface area contributed by atoms with E-state index in [1.165, 1.54) is 12.1 Å². The monoisotopic (exact) mass is 355 g/mol. The number of nitrogens with one attached hydrogen (secondary N) is 1. The Kier molecular flexibility index (Phi) is 6.43. The molecule has 1 heterocycles. The summed E-state index contributed by atoms with van der Waals surface area (Å²) in [5, 5.41) is 3.13. The molecule has 2 rings (SSSR count). The van der Waals surface area contributed by atoms with E-state index in [1.807, 2.05) is 0 Å². The van der Waals surface area contributed by atoms with Crippen LogP contribution in [0.25, 0.3) is 0 Å². The van der Waals surface area contributed by atoms with Crippen LogP contribution in [0.1, 0.15) is 12.0 Å². The van der Waals surface area contributed by atoms with Gasteiger partial charge in [-0.2, -0.15) is 13.2 Å². The number of ether oxygens (including phenoxy) is 1. The lowest BCUT2D eigenvalue weighted by Gasteiger charge is -2.24. The highest BCUT2D eigenvalue weighted by atomic mass is 32.2. The minimum absolute atomic E-state index is 0. The topological polar surface area (TPSA) is 86.9 Å². The van der Waals surface area contributed by atoms with Crippen molar-refractivity contribution in [3.8, 4) is 5.75 Å². The number of rotatable bonds is 5. The van der Waals surface area contributed by atoms with Crippen molar-refractivity contribution in [2.75, 3.05) is 25.1 Å². The molecular weight excluding hydrogens is 335 g/mol. The lowest BCUT2D eigenvalue weighted by atomic mass is 10.0. The van der Waals surface area contributed by atoms with Gasteiger partial charge in [-0.3, -0.25) is 0 Å². The van der Waals surface area contributed by atoms with E-state index >= 15 is 0 Å². The third kappa shape index (κ3) is 6.00. The van der Waals surface area contributed by atoms with Gasteiger partial charge in [-0.1, -0.05) is 0 Å². The standard InChI is InChI=1S/C14H18F3NO3S.H2O/c1-22(19,20)9-13(10-6-7-18-8-10)21-12-4-2-11(3-5-12)14(15,16)17;/h2-5,10,13,18H,6-9H2,1H3;1H2/t10?,13-;/m1./s1. The summed E-state index contributed by atoms with van der Waals surface area (Å²) in [4.78, 5) is 0. The summed E-state index contributed by atoms with van der Waals surface area (Å²) in [5.41, 5.74) is -0.762. The third-order valence-corrected chi connectivity index (χ3v) is 4.49. The van der Waals surface area contributed by atoms with Crippen LogP contribution in [0.3, 0.4) is 0 Å². The van der Waals surface area contributed by atoms with E-state index < -0.39 is 27.7 Å². The number of hydrogen-bond donors (Lipinski definition) is 1. The molecule has 2 atom stereocenters. The first-order chi connectivity index (χ1) is 10.1. The maximum Gasteiger partial charge on any atom is 0.416 e. The zero-order valence-electron chi connectivity index (χ0n) is 12.6.